The topological polar surface area (TPSA) is 155 Å². The number of benzene rings is 14. The molecule has 12 heterocycles. The summed E-state index contributed by atoms with van der Waals surface area (Å²) in [6.07, 6.45) is 14.8. The summed E-state index contributed by atoms with van der Waals surface area (Å²) in [6, 6.07) is 123. The number of pyridine rings is 12. The largest absolute Gasteiger partial charge is 0.254 e. The van der Waals surface area contributed by atoms with Gasteiger partial charge in [0.05, 0.1) is 88.4 Å². The van der Waals surface area contributed by atoms with Gasteiger partial charge in [-0.2, -0.15) is 0 Å². The first-order valence-electron chi connectivity index (χ1n) is 41.4. The monoisotopic (exact) mass is 1580 g/mol. The molecule has 0 saturated heterocycles. The van der Waals surface area contributed by atoms with E-state index in [-0.39, 0.29) is 0 Å². The molecule has 12 aromatic heterocycles. The van der Waals surface area contributed by atoms with Crippen LogP contribution in [0.25, 0.3) is 252 Å². The molecule has 124 heavy (non-hydrogen) atoms. The van der Waals surface area contributed by atoms with Crippen molar-refractivity contribution >= 4 is 174 Å². The minimum atomic E-state index is 0.913. The van der Waals surface area contributed by atoms with Crippen molar-refractivity contribution in [2.24, 2.45) is 0 Å². The summed E-state index contributed by atoms with van der Waals surface area (Å²) in [5.41, 5.74) is 29.9. The number of fused-ring (bicyclic) bond motifs is 22. The van der Waals surface area contributed by atoms with Gasteiger partial charge in [0.1, 0.15) is 0 Å². The van der Waals surface area contributed by atoms with Gasteiger partial charge in [-0.3, -0.25) is 39.9 Å². The van der Waals surface area contributed by atoms with Gasteiger partial charge in [-0.25, -0.2) is 19.9 Å². The van der Waals surface area contributed by atoms with Gasteiger partial charge in [0, 0.05) is 153 Å². The van der Waals surface area contributed by atoms with E-state index in [1.807, 2.05) is 110 Å². The molecule has 0 aliphatic rings. The van der Waals surface area contributed by atoms with Gasteiger partial charge in [-0.05, 0) is 146 Å². The number of nitrogens with zero attached hydrogens (tertiary/aromatic N) is 12. The second-order valence-corrected chi connectivity index (χ2v) is 31.3. The molecule has 0 aliphatic carbocycles. The first kappa shape index (κ1) is 71.2. The summed E-state index contributed by atoms with van der Waals surface area (Å²) in [5, 5.41) is 18.9. The quantitative estimate of drug-likeness (QED) is 0.110. The van der Waals surface area contributed by atoms with E-state index in [1.165, 1.54) is 33.0 Å². The van der Waals surface area contributed by atoms with Gasteiger partial charge in [0.15, 0.2) is 0 Å². The Kier molecular flexibility index (Phi) is 17.0. The molecule has 0 aliphatic heterocycles. The first-order chi connectivity index (χ1) is 61.5. The molecule has 0 atom stereocenters. The highest BCUT2D eigenvalue weighted by Crippen LogP contribution is 2.45. The lowest BCUT2D eigenvalue weighted by Crippen LogP contribution is -1.93. The predicted octanol–water partition coefficient (Wildman–Crippen LogP) is 27.9. The van der Waals surface area contributed by atoms with E-state index >= 15 is 0 Å². The van der Waals surface area contributed by atoms with Crippen LogP contribution >= 0.6 is 0 Å². The fourth-order valence-corrected chi connectivity index (χ4v) is 18.4. The summed E-state index contributed by atoms with van der Waals surface area (Å²) in [4.78, 5) is 57.8. The number of para-hydroxylation sites is 3. The Hall–Kier alpha value is -17.0. The van der Waals surface area contributed by atoms with E-state index < -0.39 is 0 Å². The molecule has 0 unspecified atom stereocenters. The summed E-state index contributed by atoms with van der Waals surface area (Å²) in [5.74, 6) is 0. The van der Waals surface area contributed by atoms with Crippen LogP contribution in [0.4, 0.5) is 0 Å². The standard InChI is InChI=1S/C40H24N4.C38H22N4.C34H20N4/c1-2-7-26(8-3-1)34-21-18-29-17-20-33-36(32-10-4-5-11-35(32)44-40(33)38(29)43-34)27-14-12-25(13-15-27)30-22-24-42-39-31(30)19-16-28-9-6-23-41-37(28)39;1-2-8-33-31(7-1)34(32-16-14-24-6-4-19-40-36(24)38(32)42-33)28-12-10-25-21-27(11-9-26(25)22-28)29-17-20-41-37-30(29)15-13-23-5-3-18-39-35(23)37;1-2-8-29-27(7-1)30(28-16-14-24-6-4-19-36-32(24)34(28)38-29)22-11-9-21(10-12-22)25-17-20-37-33-26(25)15-13-23-5-3-18-35-31(23)33/h1-24H;1-22H;1-20H. The van der Waals surface area contributed by atoms with Gasteiger partial charge >= 0.3 is 0 Å². The van der Waals surface area contributed by atoms with Crippen molar-refractivity contribution in [2.75, 3.05) is 0 Å². The normalized spacial score (nSPS) is 11.7. The van der Waals surface area contributed by atoms with E-state index in [9.17, 15) is 0 Å². The van der Waals surface area contributed by atoms with Crippen LogP contribution in [0.3, 0.4) is 0 Å². The lowest BCUT2D eigenvalue weighted by molar-refractivity contribution is 1.37. The SMILES string of the molecule is c1ccc(-c2ccc3ccc4c(-c5ccc(-c6ccnc7c6ccc6cccnc67)cc5)c5ccccc5nc4c3n2)cc1.c1cnc2c(c1)ccc1c(-c3ccc(-c4c5ccccc5nc5c4ccc4cccnc45)cc3)ccnc12.c1cnc2c(c1)ccc1c(-c3ccc4cc(-c5c6ccccc6nc6c5ccc5cccnc56)ccc4c3)ccnc12. The van der Waals surface area contributed by atoms with Crippen LogP contribution in [0.2, 0.25) is 0 Å². The van der Waals surface area contributed by atoms with E-state index in [0.717, 1.165) is 219 Å². The van der Waals surface area contributed by atoms with Gasteiger partial charge in [0.2, 0.25) is 0 Å². The van der Waals surface area contributed by atoms with Crippen LogP contribution in [0.15, 0.2) is 401 Å². The summed E-state index contributed by atoms with van der Waals surface area (Å²) in [7, 11) is 0. The first-order valence-corrected chi connectivity index (χ1v) is 41.4. The van der Waals surface area contributed by atoms with Crippen LogP contribution in [0.5, 0.6) is 0 Å². The number of hydrogen-bond donors (Lipinski definition) is 0. The summed E-state index contributed by atoms with van der Waals surface area (Å²) < 4.78 is 0. The summed E-state index contributed by atoms with van der Waals surface area (Å²) in [6.45, 7) is 0. The molecule has 0 spiro atoms. The molecule has 574 valence electrons. The van der Waals surface area contributed by atoms with Crippen molar-refractivity contribution in [3.8, 4) is 78.0 Å². The molecular formula is C112H66N12. The Bertz CT molecular complexity index is 8890. The highest BCUT2D eigenvalue weighted by Gasteiger charge is 2.22. The Labute approximate surface area is 708 Å². The molecule has 12 nitrogen and oxygen atoms in total. The smallest absolute Gasteiger partial charge is 0.0978 e. The molecule has 26 aromatic rings. The van der Waals surface area contributed by atoms with Gasteiger partial charge in [-0.1, -0.05) is 267 Å². The van der Waals surface area contributed by atoms with Crippen LogP contribution in [-0.2, 0) is 0 Å². The maximum absolute atomic E-state index is 5.18. The Morgan fingerprint density at radius 2 is 0.427 bits per heavy atom. The van der Waals surface area contributed by atoms with Crippen molar-refractivity contribution in [2.45, 2.75) is 0 Å². The molecule has 26 rings (SSSR count). The molecule has 0 amide bonds. The van der Waals surface area contributed by atoms with Gasteiger partial charge in [-0.15, -0.1) is 0 Å². The maximum atomic E-state index is 5.18. The molecule has 0 fully saturated rings. The number of hydrogen-bond acceptors (Lipinski definition) is 12. The lowest BCUT2D eigenvalue weighted by Gasteiger charge is -2.14. The molecule has 0 N–H and O–H groups in total. The predicted molar refractivity (Wildman–Crippen MR) is 511 cm³/mol. The van der Waals surface area contributed by atoms with E-state index in [4.69, 9.17) is 34.9 Å². The van der Waals surface area contributed by atoms with E-state index in [1.54, 1.807) is 0 Å². The average Bonchev–Trinajstić information content (AvgIpc) is 0.743. The highest BCUT2D eigenvalue weighted by atomic mass is 14.8. The molecule has 0 bridgehead atoms. The van der Waals surface area contributed by atoms with Gasteiger partial charge < -0.3 is 0 Å². The third kappa shape index (κ3) is 12.1. The summed E-state index contributed by atoms with van der Waals surface area (Å²) >= 11 is 0. The third-order valence-electron chi connectivity index (χ3n) is 24.3. The minimum Gasteiger partial charge on any atom is -0.254 e. The molecule has 0 saturated carbocycles. The highest BCUT2D eigenvalue weighted by molar-refractivity contribution is 6.21. The van der Waals surface area contributed by atoms with Crippen molar-refractivity contribution in [3.05, 3.63) is 401 Å². The Morgan fingerprint density at radius 1 is 0.137 bits per heavy atom. The number of rotatable bonds is 7. The molecule has 0 radical (unpaired) electrons. The number of aromatic nitrogens is 12. The average molecular weight is 1580 g/mol. The lowest BCUT2D eigenvalue weighted by atomic mass is 9.92. The fourth-order valence-electron chi connectivity index (χ4n) is 18.4. The van der Waals surface area contributed by atoms with Crippen molar-refractivity contribution in [3.63, 3.8) is 0 Å². The van der Waals surface area contributed by atoms with Gasteiger partial charge in [0.25, 0.3) is 0 Å². The second kappa shape index (κ2) is 29.5. The van der Waals surface area contributed by atoms with E-state index in [2.05, 4.69) is 316 Å². The molecule has 12 heteroatoms. The van der Waals surface area contributed by atoms with Crippen LogP contribution in [0.1, 0.15) is 0 Å². The van der Waals surface area contributed by atoms with Crippen molar-refractivity contribution in [1.82, 2.24) is 59.8 Å². The minimum absolute atomic E-state index is 0.913. The molecule has 14 aromatic carbocycles. The second-order valence-electron chi connectivity index (χ2n) is 31.3. The van der Waals surface area contributed by atoms with Crippen molar-refractivity contribution < 1.29 is 0 Å². The van der Waals surface area contributed by atoms with Crippen LogP contribution in [0, 0.1) is 0 Å². The maximum Gasteiger partial charge on any atom is 0.0978 e. The zero-order valence-electron chi connectivity index (χ0n) is 66.5. The van der Waals surface area contributed by atoms with E-state index in [0.29, 0.717) is 0 Å². The third-order valence-corrected chi connectivity index (χ3v) is 24.3. The van der Waals surface area contributed by atoms with Crippen LogP contribution in [-0.4, -0.2) is 59.8 Å². The Morgan fingerprint density at radius 3 is 0.839 bits per heavy atom. The van der Waals surface area contributed by atoms with Crippen LogP contribution < -0.4 is 0 Å². The Balaban J connectivity index is 0.000000105. The zero-order valence-corrected chi connectivity index (χ0v) is 66.5. The van der Waals surface area contributed by atoms with Crippen molar-refractivity contribution in [1.29, 1.82) is 0 Å². The zero-order chi connectivity index (χ0) is 81.7. The molecular weight excluding hydrogens is 1510 g/mol. The fraction of sp³-hybridized carbons (Fsp3) is 0.